The van der Waals surface area contributed by atoms with Crippen LogP contribution in [-0.4, -0.2) is 11.6 Å². The lowest BCUT2D eigenvalue weighted by atomic mass is 9.76. The summed E-state index contributed by atoms with van der Waals surface area (Å²) < 4.78 is 20.6. The molecule has 0 bridgehead atoms. The van der Waals surface area contributed by atoms with Crippen molar-refractivity contribution in [3.8, 4) is 0 Å². The van der Waals surface area contributed by atoms with E-state index in [1.54, 1.807) is 12.1 Å². The minimum absolute atomic E-state index is 0.0201. The first-order valence-corrected chi connectivity index (χ1v) is 10.4. The Morgan fingerprint density at radius 3 is 2.59 bits per heavy atom. The highest BCUT2D eigenvalue weighted by molar-refractivity contribution is 9.10. The molecule has 6 heteroatoms. The molecule has 27 heavy (non-hydrogen) atoms. The van der Waals surface area contributed by atoms with Crippen LogP contribution in [0, 0.1) is 28.5 Å². The number of nitroso groups, excluding NO2 is 1. The van der Waals surface area contributed by atoms with Crippen LogP contribution in [0.2, 0.25) is 0 Å². The standard InChI is InChI=1S/C21H29BrFNO3/c1-13-8-9-14(6-5-7-16(13)20(25)27-21(2,3)4)19(24-26)17-12-15(22)10-11-18(17)23/h10-14,16,19H,5-9H2,1-4H3. The van der Waals surface area contributed by atoms with Crippen LogP contribution in [0.1, 0.15) is 71.4 Å². The second-order valence-electron chi connectivity index (χ2n) is 8.60. The first-order chi connectivity index (χ1) is 12.6. The molecule has 0 saturated heterocycles. The smallest absolute Gasteiger partial charge is 0.309 e. The highest BCUT2D eigenvalue weighted by Crippen LogP contribution is 2.40. The van der Waals surface area contributed by atoms with Gasteiger partial charge in [-0.1, -0.05) is 34.5 Å². The Bertz CT molecular complexity index is 674. The fraction of sp³-hybridized carbons (Fsp3) is 0.667. The van der Waals surface area contributed by atoms with Crippen molar-refractivity contribution in [1.29, 1.82) is 0 Å². The van der Waals surface area contributed by atoms with E-state index in [0.717, 1.165) is 36.6 Å². The van der Waals surface area contributed by atoms with Crippen LogP contribution in [-0.2, 0) is 9.53 Å². The second kappa shape index (κ2) is 9.26. The molecular formula is C21H29BrFNO3. The molecule has 0 amide bonds. The van der Waals surface area contributed by atoms with Crippen molar-refractivity contribution in [2.24, 2.45) is 22.9 Å². The van der Waals surface area contributed by atoms with Crippen molar-refractivity contribution in [3.63, 3.8) is 0 Å². The zero-order chi connectivity index (χ0) is 20.2. The summed E-state index contributed by atoms with van der Waals surface area (Å²) in [6, 6.07) is 3.92. The third-order valence-electron chi connectivity index (χ3n) is 5.32. The lowest BCUT2D eigenvalue weighted by molar-refractivity contribution is -0.162. The Hall–Kier alpha value is -1.30. The van der Waals surface area contributed by atoms with E-state index in [1.807, 2.05) is 20.8 Å². The molecule has 0 spiro atoms. The molecule has 1 aliphatic carbocycles. The number of hydrogen-bond acceptors (Lipinski definition) is 4. The molecular weight excluding hydrogens is 413 g/mol. The van der Waals surface area contributed by atoms with E-state index >= 15 is 0 Å². The van der Waals surface area contributed by atoms with Gasteiger partial charge in [0.05, 0.1) is 5.92 Å². The van der Waals surface area contributed by atoms with Gasteiger partial charge >= 0.3 is 5.97 Å². The first kappa shape index (κ1) is 22.0. The monoisotopic (exact) mass is 441 g/mol. The molecule has 1 saturated carbocycles. The summed E-state index contributed by atoms with van der Waals surface area (Å²) in [6.07, 6.45) is 3.78. The van der Waals surface area contributed by atoms with Gasteiger partial charge in [-0.05, 0) is 76.5 Å². The predicted molar refractivity (Wildman–Crippen MR) is 108 cm³/mol. The van der Waals surface area contributed by atoms with Gasteiger partial charge in [-0.2, -0.15) is 4.91 Å². The number of esters is 1. The minimum atomic E-state index is -0.701. The summed E-state index contributed by atoms with van der Waals surface area (Å²) in [4.78, 5) is 24.1. The third kappa shape index (κ3) is 6.09. The molecule has 4 unspecified atom stereocenters. The van der Waals surface area contributed by atoms with Gasteiger partial charge in [0.1, 0.15) is 17.5 Å². The molecule has 1 aromatic rings. The lowest BCUT2D eigenvalue weighted by Gasteiger charge is -2.32. The first-order valence-electron chi connectivity index (χ1n) is 9.62. The van der Waals surface area contributed by atoms with Gasteiger partial charge < -0.3 is 4.74 Å². The number of benzene rings is 1. The number of carbonyl (C=O) groups is 1. The zero-order valence-electron chi connectivity index (χ0n) is 16.5. The highest BCUT2D eigenvalue weighted by atomic mass is 79.9. The molecule has 1 aromatic carbocycles. The van der Waals surface area contributed by atoms with Crippen LogP contribution in [0.4, 0.5) is 4.39 Å². The summed E-state index contributed by atoms with van der Waals surface area (Å²) >= 11 is 3.34. The van der Waals surface area contributed by atoms with E-state index in [4.69, 9.17) is 4.74 Å². The van der Waals surface area contributed by atoms with E-state index in [-0.39, 0.29) is 23.7 Å². The summed E-state index contributed by atoms with van der Waals surface area (Å²) in [5.41, 5.74) is -0.145. The average molecular weight is 442 g/mol. The van der Waals surface area contributed by atoms with E-state index < -0.39 is 17.5 Å². The average Bonchev–Trinajstić information content (AvgIpc) is 2.55. The quantitative estimate of drug-likeness (QED) is 0.392. The normalized spacial score (nSPS) is 25.2. The van der Waals surface area contributed by atoms with Crippen LogP contribution < -0.4 is 0 Å². The maximum absolute atomic E-state index is 14.3. The van der Waals surface area contributed by atoms with Crippen molar-refractivity contribution in [1.82, 2.24) is 0 Å². The molecule has 0 N–H and O–H groups in total. The molecule has 2 rings (SSSR count). The number of ether oxygens (including phenoxy) is 1. The maximum Gasteiger partial charge on any atom is 0.309 e. The van der Waals surface area contributed by atoms with Gasteiger partial charge in [-0.15, -0.1) is 0 Å². The molecule has 0 heterocycles. The van der Waals surface area contributed by atoms with Crippen LogP contribution in [0.15, 0.2) is 27.8 Å². The Labute approximate surface area is 169 Å². The van der Waals surface area contributed by atoms with Crippen molar-refractivity contribution in [2.75, 3.05) is 0 Å². The molecule has 0 radical (unpaired) electrons. The van der Waals surface area contributed by atoms with E-state index in [2.05, 4.69) is 28.0 Å². The van der Waals surface area contributed by atoms with Gasteiger partial charge in [0.25, 0.3) is 0 Å². The summed E-state index contributed by atoms with van der Waals surface area (Å²) in [7, 11) is 0. The van der Waals surface area contributed by atoms with E-state index in [1.165, 1.54) is 6.07 Å². The molecule has 4 nitrogen and oxygen atoms in total. The van der Waals surface area contributed by atoms with Crippen LogP contribution in [0.25, 0.3) is 0 Å². The zero-order valence-corrected chi connectivity index (χ0v) is 18.1. The van der Waals surface area contributed by atoms with Crippen molar-refractivity contribution in [2.45, 2.75) is 71.4 Å². The summed E-state index contributed by atoms with van der Waals surface area (Å²) in [5, 5.41) is 3.28. The van der Waals surface area contributed by atoms with E-state index in [0.29, 0.717) is 5.56 Å². The topological polar surface area (TPSA) is 55.7 Å². The summed E-state index contributed by atoms with van der Waals surface area (Å²) in [5.74, 6) is -0.535. The number of carbonyl (C=O) groups excluding carboxylic acids is 1. The van der Waals surface area contributed by atoms with E-state index in [9.17, 15) is 14.1 Å². The Morgan fingerprint density at radius 2 is 1.96 bits per heavy atom. The molecule has 0 aliphatic heterocycles. The summed E-state index contributed by atoms with van der Waals surface area (Å²) in [6.45, 7) is 7.68. The van der Waals surface area contributed by atoms with Gasteiger partial charge in [0.2, 0.25) is 0 Å². The highest BCUT2D eigenvalue weighted by Gasteiger charge is 2.34. The lowest BCUT2D eigenvalue weighted by Crippen LogP contribution is -2.33. The molecule has 1 fully saturated rings. The number of halogens is 2. The second-order valence-corrected chi connectivity index (χ2v) is 9.52. The van der Waals surface area contributed by atoms with Crippen molar-refractivity contribution >= 4 is 21.9 Å². The van der Waals surface area contributed by atoms with Gasteiger partial charge in [-0.3, -0.25) is 4.79 Å². The maximum atomic E-state index is 14.3. The SMILES string of the molecule is CC1CCC(C(N=O)c2cc(Br)ccc2F)CCCC1C(=O)OC(C)(C)C. The third-order valence-corrected chi connectivity index (χ3v) is 5.81. The molecule has 150 valence electrons. The van der Waals surface area contributed by atoms with Crippen LogP contribution in [0.5, 0.6) is 0 Å². The molecule has 4 atom stereocenters. The fourth-order valence-corrected chi connectivity index (χ4v) is 4.27. The molecule has 0 aromatic heterocycles. The van der Waals surface area contributed by atoms with Crippen molar-refractivity contribution in [3.05, 3.63) is 39.0 Å². The van der Waals surface area contributed by atoms with Crippen LogP contribution >= 0.6 is 15.9 Å². The van der Waals surface area contributed by atoms with Crippen LogP contribution in [0.3, 0.4) is 0 Å². The number of rotatable bonds is 4. The van der Waals surface area contributed by atoms with Gasteiger partial charge in [-0.25, -0.2) is 4.39 Å². The Morgan fingerprint density at radius 1 is 1.26 bits per heavy atom. The minimum Gasteiger partial charge on any atom is -0.460 e. The Balaban J connectivity index is 2.10. The van der Waals surface area contributed by atoms with Gasteiger partial charge in [0.15, 0.2) is 0 Å². The number of hydrogen-bond donors (Lipinski definition) is 0. The fourth-order valence-electron chi connectivity index (χ4n) is 3.89. The number of nitrogens with zero attached hydrogens (tertiary/aromatic N) is 1. The van der Waals surface area contributed by atoms with Gasteiger partial charge in [0, 0.05) is 10.0 Å². The predicted octanol–water partition coefficient (Wildman–Crippen LogP) is 6.57. The Kier molecular flexibility index (Phi) is 7.55. The van der Waals surface area contributed by atoms with Crippen molar-refractivity contribution < 1.29 is 13.9 Å². The molecule has 1 aliphatic rings. The largest absolute Gasteiger partial charge is 0.460 e.